The van der Waals surface area contributed by atoms with Crippen molar-refractivity contribution in [3.8, 4) is 0 Å². The fraction of sp³-hybridized carbons (Fsp3) is 0.250. The van der Waals surface area contributed by atoms with Crippen LogP contribution in [0.1, 0.15) is 30.7 Å². The lowest BCUT2D eigenvalue weighted by molar-refractivity contribution is -0.116. The van der Waals surface area contributed by atoms with Crippen LogP contribution in [-0.2, 0) is 14.3 Å². The number of nitrogens with two attached hydrogens (primary N) is 1. The van der Waals surface area contributed by atoms with Crippen LogP contribution in [-0.4, -0.2) is 12.1 Å². The normalized spacial score (nSPS) is 22.4. The Bertz CT molecular complexity index is 628. The van der Waals surface area contributed by atoms with E-state index in [4.69, 9.17) is 10.5 Å². The molecule has 1 aromatic rings. The average Bonchev–Trinajstić information content (AvgIpc) is 2.47. The largest absolute Gasteiger partial charge is 0.445 e. The van der Waals surface area contributed by atoms with Gasteiger partial charge >= 0.3 is 0 Å². The third kappa shape index (κ3) is 1.93. The Balaban J connectivity index is 2.18. The molecule has 1 aromatic carbocycles. The second-order valence-electron chi connectivity index (χ2n) is 5.00. The van der Waals surface area contributed by atoms with E-state index in [1.54, 1.807) is 0 Å². The van der Waals surface area contributed by atoms with Crippen molar-refractivity contribution in [1.82, 2.24) is 0 Å². The van der Waals surface area contributed by atoms with Crippen LogP contribution >= 0.6 is 0 Å². The Kier molecular flexibility index (Phi) is 3.14. The molecule has 20 heavy (non-hydrogen) atoms. The van der Waals surface area contributed by atoms with Crippen molar-refractivity contribution in [3.05, 3.63) is 58.7 Å². The summed E-state index contributed by atoms with van der Waals surface area (Å²) >= 11 is 0. The van der Waals surface area contributed by atoms with Gasteiger partial charge in [0.15, 0.2) is 18.0 Å². The van der Waals surface area contributed by atoms with Crippen molar-refractivity contribution in [2.75, 3.05) is 0 Å². The average molecular weight is 269 g/mol. The Labute approximate surface area is 116 Å². The zero-order valence-electron chi connectivity index (χ0n) is 11.0. The summed E-state index contributed by atoms with van der Waals surface area (Å²) in [5.74, 6) is 0.387. The molecule has 0 bridgehead atoms. The Hall–Kier alpha value is -2.36. The van der Waals surface area contributed by atoms with E-state index in [0.717, 1.165) is 12.0 Å². The van der Waals surface area contributed by atoms with Crippen LogP contribution in [0, 0.1) is 0 Å². The van der Waals surface area contributed by atoms with Gasteiger partial charge in [0.1, 0.15) is 5.76 Å². The molecule has 1 unspecified atom stereocenters. The summed E-state index contributed by atoms with van der Waals surface area (Å²) in [6.07, 6.45) is 2.65. The van der Waals surface area contributed by atoms with Gasteiger partial charge in [-0.05, 0) is 12.0 Å². The van der Waals surface area contributed by atoms with Crippen molar-refractivity contribution < 1.29 is 14.3 Å². The molecule has 4 heteroatoms. The van der Waals surface area contributed by atoms with Gasteiger partial charge < -0.3 is 10.5 Å². The third-order valence-electron chi connectivity index (χ3n) is 3.79. The molecular weight excluding hydrogens is 254 g/mol. The Morgan fingerprint density at radius 1 is 1.20 bits per heavy atom. The fourth-order valence-electron chi connectivity index (χ4n) is 2.87. The van der Waals surface area contributed by atoms with E-state index in [1.165, 1.54) is 0 Å². The number of hydrogen-bond donors (Lipinski definition) is 1. The second-order valence-corrected chi connectivity index (χ2v) is 5.00. The maximum absolute atomic E-state index is 12.3. The quantitative estimate of drug-likeness (QED) is 0.835. The van der Waals surface area contributed by atoms with Crippen molar-refractivity contribution in [3.63, 3.8) is 0 Å². The van der Waals surface area contributed by atoms with Gasteiger partial charge in [0, 0.05) is 24.3 Å². The molecule has 102 valence electrons. The van der Waals surface area contributed by atoms with E-state index in [0.29, 0.717) is 36.0 Å². The maximum atomic E-state index is 12.3. The van der Waals surface area contributed by atoms with Crippen LogP contribution in [0.2, 0.25) is 0 Å². The number of ketones is 1. The Morgan fingerprint density at radius 3 is 2.65 bits per heavy atom. The summed E-state index contributed by atoms with van der Waals surface area (Å²) in [7, 11) is 0. The topological polar surface area (TPSA) is 69.4 Å². The number of aldehydes is 1. The lowest BCUT2D eigenvalue weighted by Crippen LogP contribution is -2.28. The highest BCUT2D eigenvalue weighted by molar-refractivity contribution is 6.01. The summed E-state index contributed by atoms with van der Waals surface area (Å²) in [6, 6.07) is 9.47. The molecule has 1 aliphatic carbocycles. The molecule has 2 N–H and O–H groups in total. The van der Waals surface area contributed by atoms with Crippen LogP contribution in [0.4, 0.5) is 0 Å². The van der Waals surface area contributed by atoms with Gasteiger partial charge in [-0.3, -0.25) is 9.59 Å². The molecule has 0 spiro atoms. The molecule has 3 rings (SSSR count). The van der Waals surface area contributed by atoms with Gasteiger partial charge in [-0.15, -0.1) is 0 Å². The van der Waals surface area contributed by atoms with Crippen LogP contribution in [0.25, 0.3) is 0 Å². The van der Waals surface area contributed by atoms with Gasteiger partial charge in [0.2, 0.25) is 0 Å². The minimum Gasteiger partial charge on any atom is -0.445 e. The number of carbonyl (C=O) groups is 2. The number of rotatable bonds is 2. The van der Waals surface area contributed by atoms with Crippen molar-refractivity contribution >= 4 is 12.1 Å². The van der Waals surface area contributed by atoms with Crippen LogP contribution in [0.15, 0.2) is 53.1 Å². The highest BCUT2D eigenvalue weighted by atomic mass is 16.5. The predicted molar refractivity (Wildman–Crippen MR) is 73.4 cm³/mol. The molecule has 1 heterocycles. The molecule has 0 aromatic heterocycles. The SMILES string of the molecule is NC1=C(C=O)C(c2ccccc2)C2=C(CCCC2=O)O1. The number of ether oxygens (including phenoxy) is 1. The molecule has 0 amide bonds. The van der Waals surface area contributed by atoms with Crippen LogP contribution in [0.3, 0.4) is 0 Å². The molecule has 1 atom stereocenters. The summed E-state index contributed by atoms with van der Waals surface area (Å²) < 4.78 is 5.50. The van der Waals surface area contributed by atoms with Gasteiger partial charge in [-0.25, -0.2) is 0 Å². The molecule has 1 aliphatic heterocycles. The smallest absolute Gasteiger partial charge is 0.197 e. The van der Waals surface area contributed by atoms with E-state index in [2.05, 4.69) is 0 Å². The zero-order valence-corrected chi connectivity index (χ0v) is 11.0. The molecule has 0 saturated heterocycles. The monoisotopic (exact) mass is 269 g/mol. The van der Waals surface area contributed by atoms with Crippen LogP contribution in [0.5, 0.6) is 0 Å². The minimum atomic E-state index is -0.398. The van der Waals surface area contributed by atoms with Gasteiger partial charge in [-0.1, -0.05) is 30.3 Å². The summed E-state index contributed by atoms with van der Waals surface area (Å²) in [5.41, 5.74) is 7.68. The number of Topliss-reactive ketones (excluding diaryl/α,β-unsaturated/α-hetero) is 1. The maximum Gasteiger partial charge on any atom is 0.197 e. The zero-order chi connectivity index (χ0) is 14.1. The third-order valence-corrected chi connectivity index (χ3v) is 3.79. The van der Waals surface area contributed by atoms with E-state index in [-0.39, 0.29) is 11.7 Å². The lowest BCUT2D eigenvalue weighted by atomic mass is 9.78. The van der Waals surface area contributed by atoms with Crippen molar-refractivity contribution in [1.29, 1.82) is 0 Å². The lowest BCUT2D eigenvalue weighted by Gasteiger charge is -2.31. The first-order valence-corrected chi connectivity index (χ1v) is 6.66. The minimum absolute atomic E-state index is 0.0481. The summed E-state index contributed by atoms with van der Waals surface area (Å²) in [6.45, 7) is 0. The van der Waals surface area contributed by atoms with Crippen molar-refractivity contribution in [2.24, 2.45) is 5.73 Å². The standard InChI is InChI=1S/C16H15NO3/c17-16-11(9-18)14(10-5-2-1-3-6-10)15-12(19)7-4-8-13(15)20-16/h1-3,5-6,9,14H,4,7-8,17H2. The van der Waals surface area contributed by atoms with Crippen molar-refractivity contribution in [2.45, 2.75) is 25.2 Å². The van der Waals surface area contributed by atoms with E-state index in [1.807, 2.05) is 30.3 Å². The first-order chi connectivity index (χ1) is 9.72. The molecule has 0 radical (unpaired) electrons. The van der Waals surface area contributed by atoms with E-state index < -0.39 is 5.92 Å². The fourth-order valence-corrected chi connectivity index (χ4v) is 2.87. The highest BCUT2D eigenvalue weighted by Crippen LogP contribution is 2.42. The van der Waals surface area contributed by atoms with E-state index >= 15 is 0 Å². The second kappa shape index (κ2) is 4.96. The summed E-state index contributed by atoms with van der Waals surface area (Å²) in [5, 5.41) is 0. The first kappa shape index (κ1) is 12.7. The molecule has 4 nitrogen and oxygen atoms in total. The summed E-state index contributed by atoms with van der Waals surface area (Å²) in [4.78, 5) is 23.6. The molecule has 2 aliphatic rings. The Morgan fingerprint density at radius 2 is 1.95 bits per heavy atom. The van der Waals surface area contributed by atoms with Gasteiger partial charge in [0.25, 0.3) is 0 Å². The highest BCUT2D eigenvalue weighted by Gasteiger charge is 2.37. The molecular formula is C16H15NO3. The first-order valence-electron chi connectivity index (χ1n) is 6.66. The van der Waals surface area contributed by atoms with Gasteiger partial charge in [0.05, 0.1) is 5.57 Å². The number of hydrogen-bond acceptors (Lipinski definition) is 4. The van der Waals surface area contributed by atoms with Gasteiger partial charge in [-0.2, -0.15) is 0 Å². The number of allylic oxidation sites excluding steroid dienone is 3. The molecule has 0 fully saturated rings. The van der Waals surface area contributed by atoms with Crippen LogP contribution < -0.4 is 5.73 Å². The predicted octanol–water partition coefficient (Wildman–Crippen LogP) is 2.18. The number of carbonyl (C=O) groups excluding carboxylic acids is 2. The van der Waals surface area contributed by atoms with E-state index in [9.17, 15) is 9.59 Å². The number of benzene rings is 1. The molecule has 0 saturated carbocycles.